The zero-order valence-corrected chi connectivity index (χ0v) is 28.3. The lowest BCUT2D eigenvalue weighted by atomic mass is 9.78. The van der Waals surface area contributed by atoms with E-state index in [-0.39, 0.29) is 42.6 Å². The van der Waals surface area contributed by atoms with Crippen LogP contribution >= 0.6 is 11.6 Å². The second-order valence-corrected chi connectivity index (χ2v) is 13.3. The molecule has 1 heterocycles. The fourth-order valence-corrected chi connectivity index (χ4v) is 5.32. The second kappa shape index (κ2) is 15.4. The van der Waals surface area contributed by atoms with Crippen LogP contribution in [-0.4, -0.2) is 67.4 Å². The molecule has 47 heavy (non-hydrogen) atoms. The number of aliphatic hydroxyl groups excluding tert-OH is 2. The summed E-state index contributed by atoms with van der Waals surface area (Å²) in [4.78, 5) is 0. The van der Waals surface area contributed by atoms with Gasteiger partial charge in [0.2, 0.25) is 0 Å². The lowest BCUT2D eigenvalue weighted by Gasteiger charge is -2.27. The molecule has 0 amide bonds. The summed E-state index contributed by atoms with van der Waals surface area (Å²) in [5, 5.41) is 20.2. The van der Waals surface area contributed by atoms with Crippen molar-refractivity contribution in [3.8, 4) is 23.0 Å². The predicted molar refractivity (Wildman–Crippen MR) is 184 cm³/mol. The number of epoxide rings is 1. The van der Waals surface area contributed by atoms with Gasteiger partial charge < -0.3 is 33.9 Å². The third kappa shape index (κ3) is 9.42. The molecule has 3 unspecified atom stereocenters. The Kier molecular flexibility index (Phi) is 11.4. The summed E-state index contributed by atoms with van der Waals surface area (Å²) >= 11 is 5.64. The molecule has 0 spiro atoms. The molecule has 0 aromatic heterocycles. The molecule has 1 fully saturated rings. The van der Waals surface area contributed by atoms with Gasteiger partial charge in [0.05, 0.1) is 12.5 Å². The normalized spacial score (nSPS) is 15.9. The Morgan fingerprint density at radius 3 is 1.17 bits per heavy atom. The minimum atomic E-state index is -0.791. The average molecular weight is 661 g/mol. The molecule has 0 bridgehead atoms. The number of benzene rings is 4. The Morgan fingerprint density at radius 1 is 0.574 bits per heavy atom. The molecule has 8 heteroatoms. The summed E-state index contributed by atoms with van der Waals surface area (Å²) < 4.78 is 28.3. The van der Waals surface area contributed by atoms with Gasteiger partial charge in [-0.15, -0.1) is 11.6 Å². The van der Waals surface area contributed by atoms with E-state index in [2.05, 4.69) is 52.0 Å². The zero-order valence-electron chi connectivity index (χ0n) is 27.5. The minimum absolute atomic E-state index is 0.112. The first-order valence-corrected chi connectivity index (χ1v) is 16.5. The van der Waals surface area contributed by atoms with Crippen LogP contribution in [-0.2, 0) is 15.6 Å². The summed E-state index contributed by atoms with van der Waals surface area (Å²) in [6.07, 6.45) is -1.25. The van der Waals surface area contributed by atoms with Crippen LogP contribution in [0.4, 0.5) is 0 Å². The van der Waals surface area contributed by atoms with Crippen LogP contribution < -0.4 is 18.9 Å². The fourth-order valence-electron chi connectivity index (χ4n) is 5.23. The van der Waals surface area contributed by atoms with Crippen molar-refractivity contribution >= 4 is 11.6 Å². The van der Waals surface area contributed by atoms with Crippen molar-refractivity contribution in [1.29, 1.82) is 0 Å². The smallest absolute Gasteiger partial charge is 0.122 e. The van der Waals surface area contributed by atoms with E-state index in [1.54, 1.807) is 0 Å². The molecule has 1 aliphatic rings. The van der Waals surface area contributed by atoms with E-state index in [1.165, 1.54) is 5.56 Å². The Bertz CT molecular complexity index is 1530. The van der Waals surface area contributed by atoms with Gasteiger partial charge in [-0.25, -0.2) is 0 Å². The van der Waals surface area contributed by atoms with E-state index in [0.29, 0.717) is 23.9 Å². The molecule has 250 valence electrons. The molecular weight excluding hydrogens is 616 g/mol. The summed E-state index contributed by atoms with van der Waals surface area (Å²) in [6, 6.07) is 32.0. The van der Waals surface area contributed by atoms with Crippen LogP contribution in [0, 0.1) is 0 Å². The van der Waals surface area contributed by atoms with Gasteiger partial charge in [0.15, 0.2) is 0 Å². The number of halogens is 1. The van der Waals surface area contributed by atoms with Gasteiger partial charge in [0, 0.05) is 10.8 Å². The van der Waals surface area contributed by atoms with E-state index in [1.807, 2.05) is 72.8 Å². The maximum absolute atomic E-state index is 10.5. The van der Waals surface area contributed by atoms with E-state index < -0.39 is 12.2 Å². The number of alkyl halides is 1. The highest BCUT2D eigenvalue weighted by Gasteiger charge is 2.26. The van der Waals surface area contributed by atoms with Gasteiger partial charge in [-0.1, -0.05) is 76.2 Å². The van der Waals surface area contributed by atoms with E-state index in [4.69, 9.17) is 35.3 Å². The molecule has 5 rings (SSSR count). The van der Waals surface area contributed by atoms with Crippen molar-refractivity contribution in [2.45, 2.75) is 56.8 Å². The van der Waals surface area contributed by atoms with Gasteiger partial charge in [-0.3, -0.25) is 0 Å². The lowest BCUT2D eigenvalue weighted by molar-refractivity contribution is 0.0626. The van der Waals surface area contributed by atoms with Crippen LogP contribution in [0.25, 0.3) is 0 Å². The Morgan fingerprint density at radius 2 is 0.872 bits per heavy atom. The quantitative estimate of drug-likeness (QED) is 0.0940. The van der Waals surface area contributed by atoms with Crippen LogP contribution in [0.3, 0.4) is 0 Å². The standard InChI is InChI=1S/C39H45ClO7/c1-38(2,27-5-13-33(14-6-27)43-22-31(41)21-40)28-7-15-34(16-8-28)44-23-32(42)24-45-35-17-9-29(10-18-35)39(3,4)30-11-19-36(20-12-30)46-25-37-26-47-37/h5-20,31-32,37,41-42H,21-26H2,1-4H3. The van der Waals surface area contributed by atoms with Crippen LogP contribution in [0.1, 0.15) is 49.9 Å². The first kappa shape index (κ1) is 34.6. The number of hydrogen-bond acceptors (Lipinski definition) is 7. The first-order valence-electron chi connectivity index (χ1n) is 16.0. The van der Waals surface area contributed by atoms with Crippen LogP contribution in [0.5, 0.6) is 23.0 Å². The summed E-state index contributed by atoms with van der Waals surface area (Å²) in [6.45, 7) is 10.5. The molecule has 3 atom stereocenters. The molecule has 1 saturated heterocycles. The molecule has 1 aliphatic heterocycles. The van der Waals surface area contributed by atoms with Crippen molar-refractivity contribution in [3.63, 3.8) is 0 Å². The molecule has 0 radical (unpaired) electrons. The fraction of sp³-hybridized carbons (Fsp3) is 0.385. The molecule has 0 aliphatic carbocycles. The van der Waals surface area contributed by atoms with E-state index >= 15 is 0 Å². The highest BCUT2D eigenvalue weighted by Crippen LogP contribution is 2.35. The molecule has 2 N–H and O–H groups in total. The summed E-state index contributed by atoms with van der Waals surface area (Å²) in [5.41, 5.74) is 4.13. The number of aliphatic hydroxyl groups is 2. The second-order valence-electron chi connectivity index (χ2n) is 13.0. The number of rotatable bonds is 17. The van der Waals surface area contributed by atoms with Crippen molar-refractivity contribution in [2.24, 2.45) is 0 Å². The topological polar surface area (TPSA) is 89.9 Å². The largest absolute Gasteiger partial charge is 0.491 e. The Balaban J connectivity index is 1.07. The zero-order chi connectivity index (χ0) is 33.4. The molecular formula is C39H45ClO7. The van der Waals surface area contributed by atoms with E-state index in [0.717, 1.165) is 29.0 Å². The highest BCUT2D eigenvalue weighted by molar-refractivity contribution is 6.18. The summed E-state index contributed by atoms with van der Waals surface area (Å²) in [7, 11) is 0. The monoisotopic (exact) mass is 660 g/mol. The maximum atomic E-state index is 10.5. The van der Waals surface area contributed by atoms with Crippen molar-refractivity contribution in [1.82, 2.24) is 0 Å². The third-order valence-corrected chi connectivity index (χ3v) is 9.00. The highest BCUT2D eigenvalue weighted by atomic mass is 35.5. The minimum Gasteiger partial charge on any atom is -0.491 e. The Hall–Kier alpha value is -3.75. The Labute approximate surface area is 283 Å². The van der Waals surface area contributed by atoms with Gasteiger partial charge in [-0.05, 0) is 70.8 Å². The molecule has 4 aromatic carbocycles. The van der Waals surface area contributed by atoms with Crippen LogP contribution in [0.15, 0.2) is 97.1 Å². The van der Waals surface area contributed by atoms with E-state index in [9.17, 15) is 10.2 Å². The van der Waals surface area contributed by atoms with Crippen molar-refractivity contribution in [2.75, 3.05) is 38.9 Å². The molecule has 0 saturated carbocycles. The lowest BCUT2D eigenvalue weighted by Crippen LogP contribution is -2.25. The summed E-state index contributed by atoms with van der Waals surface area (Å²) in [5.74, 6) is 3.03. The number of ether oxygens (including phenoxy) is 5. The average Bonchev–Trinajstić information content (AvgIpc) is 3.93. The first-order chi connectivity index (χ1) is 22.5. The molecule has 7 nitrogen and oxygen atoms in total. The number of hydrogen-bond donors (Lipinski definition) is 2. The van der Waals surface area contributed by atoms with Gasteiger partial charge in [0.25, 0.3) is 0 Å². The third-order valence-electron chi connectivity index (χ3n) is 8.65. The SMILES string of the molecule is CC(C)(c1ccc(OCC(O)CCl)cc1)c1ccc(OCC(O)COc2ccc(C(C)(C)c3ccc(OCC4CO4)cc3)cc2)cc1. The van der Waals surface area contributed by atoms with Crippen molar-refractivity contribution in [3.05, 3.63) is 119 Å². The predicted octanol–water partition coefficient (Wildman–Crippen LogP) is 6.91. The van der Waals surface area contributed by atoms with Gasteiger partial charge in [0.1, 0.15) is 67.7 Å². The van der Waals surface area contributed by atoms with Crippen LogP contribution in [0.2, 0.25) is 0 Å². The van der Waals surface area contributed by atoms with Gasteiger partial charge in [-0.2, -0.15) is 0 Å². The van der Waals surface area contributed by atoms with Gasteiger partial charge >= 0.3 is 0 Å². The maximum Gasteiger partial charge on any atom is 0.122 e. The van der Waals surface area contributed by atoms with Crippen molar-refractivity contribution < 1.29 is 33.9 Å². The molecule has 4 aromatic rings.